The summed E-state index contributed by atoms with van der Waals surface area (Å²) < 4.78 is 0. The van der Waals surface area contributed by atoms with Gasteiger partial charge in [0.1, 0.15) is 5.82 Å². The van der Waals surface area contributed by atoms with Crippen LogP contribution < -0.4 is 5.73 Å². The van der Waals surface area contributed by atoms with Crippen LogP contribution in [0.5, 0.6) is 0 Å². The van der Waals surface area contributed by atoms with E-state index in [2.05, 4.69) is 26.8 Å². The summed E-state index contributed by atoms with van der Waals surface area (Å²) in [4.78, 5) is 27.0. The Balaban J connectivity index is 1.73. The molecule has 3 aromatic rings. The highest BCUT2D eigenvalue weighted by molar-refractivity contribution is 5.90. The lowest BCUT2D eigenvalue weighted by Crippen LogP contribution is -2.37. The molecule has 0 bridgehead atoms. The van der Waals surface area contributed by atoms with E-state index in [0.29, 0.717) is 30.2 Å². The number of hydrogen-bond donors (Lipinski definition) is 2. The molecule has 1 aliphatic rings. The van der Waals surface area contributed by atoms with Crippen molar-refractivity contribution in [1.82, 2.24) is 19.9 Å². The number of rotatable bonds is 1. The molecule has 146 valence electrons. The van der Waals surface area contributed by atoms with Crippen LogP contribution in [0.1, 0.15) is 23.2 Å². The highest BCUT2D eigenvalue weighted by atomic mass is 16.3. The number of carbonyl (C=O) groups excluding carboxylic acids is 1. The van der Waals surface area contributed by atoms with Gasteiger partial charge in [0.05, 0.1) is 11.7 Å². The molecule has 29 heavy (non-hydrogen) atoms. The second-order valence-electron chi connectivity index (χ2n) is 7.33. The van der Waals surface area contributed by atoms with Crippen molar-refractivity contribution in [3.8, 4) is 23.2 Å². The Morgan fingerprint density at radius 2 is 2.07 bits per heavy atom. The van der Waals surface area contributed by atoms with E-state index in [0.717, 1.165) is 27.7 Å². The number of aliphatic hydroxyl groups is 1. The molecule has 1 atom stereocenters. The zero-order valence-electron chi connectivity index (χ0n) is 16.5. The summed E-state index contributed by atoms with van der Waals surface area (Å²) in [5, 5.41) is 11.4. The van der Waals surface area contributed by atoms with E-state index in [4.69, 9.17) is 5.73 Å². The van der Waals surface area contributed by atoms with E-state index >= 15 is 0 Å². The zero-order chi connectivity index (χ0) is 20.8. The summed E-state index contributed by atoms with van der Waals surface area (Å²) in [6.07, 6.45) is 1.95. The van der Waals surface area contributed by atoms with Gasteiger partial charge in [-0.3, -0.25) is 4.79 Å². The van der Waals surface area contributed by atoms with Gasteiger partial charge in [-0.15, -0.1) is 0 Å². The summed E-state index contributed by atoms with van der Waals surface area (Å²) in [5.41, 5.74) is 8.16. The normalized spacial score (nSPS) is 18.8. The Hall–Kier alpha value is -3.50. The third kappa shape index (κ3) is 3.28. The number of amides is 1. The van der Waals surface area contributed by atoms with Gasteiger partial charge in [0.2, 0.25) is 5.60 Å². The van der Waals surface area contributed by atoms with E-state index in [1.165, 1.54) is 4.90 Å². The van der Waals surface area contributed by atoms with Crippen molar-refractivity contribution < 1.29 is 9.90 Å². The molecule has 1 amide bonds. The fourth-order valence-corrected chi connectivity index (χ4v) is 3.52. The quantitative estimate of drug-likeness (QED) is 0.617. The monoisotopic (exact) mass is 387 g/mol. The van der Waals surface area contributed by atoms with Crippen molar-refractivity contribution in [3.05, 3.63) is 47.3 Å². The fourth-order valence-electron chi connectivity index (χ4n) is 3.52. The molecule has 3 heterocycles. The van der Waals surface area contributed by atoms with E-state index in [9.17, 15) is 9.90 Å². The van der Waals surface area contributed by atoms with Crippen molar-refractivity contribution >= 4 is 22.6 Å². The average molecular weight is 387 g/mol. The average Bonchev–Trinajstić information content (AvgIpc) is 2.97. The van der Waals surface area contributed by atoms with Crippen LogP contribution in [0.3, 0.4) is 0 Å². The van der Waals surface area contributed by atoms with Crippen LogP contribution in [-0.4, -0.2) is 50.1 Å². The molecule has 1 aliphatic heterocycles. The minimum absolute atomic E-state index is 0.303. The third-order valence-corrected chi connectivity index (χ3v) is 5.25. The molecule has 0 unspecified atom stereocenters. The molecule has 7 heteroatoms. The number of likely N-dealkylation sites (N-methyl/N-ethyl adjacent to an activating group) is 1. The Morgan fingerprint density at radius 1 is 1.28 bits per heavy atom. The predicted octanol–water partition coefficient (Wildman–Crippen LogP) is 1.84. The second kappa shape index (κ2) is 6.83. The summed E-state index contributed by atoms with van der Waals surface area (Å²) in [6.45, 7) is 4.32. The van der Waals surface area contributed by atoms with Gasteiger partial charge in [-0.1, -0.05) is 24.0 Å². The lowest BCUT2D eigenvalue weighted by Gasteiger charge is -2.13. The predicted molar refractivity (Wildman–Crippen MR) is 111 cm³/mol. The molecular weight excluding hydrogens is 366 g/mol. The van der Waals surface area contributed by atoms with Crippen LogP contribution in [-0.2, 0) is 4.79 Å². The number of carbonyl (C=O) groups is 1. The number of nitrogens with two attached hydrogens (primary N) is 1. The number of hydrogen-bond acceptors (Lipinski definition) is 6. The number of aryl methyl sites for hydroxylation is 2. The van der Waals surface area contributed by atoms with Crippen LogP contribution in [0.4, 0.5) is 5.82 Å². The molecule has 7 nitrogen and oxygen atoms in total. The molecule has 0 aliphatic carbocycles. The van der Waals surface area contributed by atoms with Gasteiger partial charge in [0.15, 0.2) is 5.82 Å². The molecule has 3 N–H and O–H groups in total. The number of aromatic nitrogens is 3. The maximum Gasteiger partial charge on any atom is 0.267 e. The van der Waals surface area contributed by atoms with Crippen molar-refractivity contribution in [2.75, 3.05) is 19.3 Å². The molecule has 0 spiro atoms. The molecular formula is C22H21N5O2. The van der Waals surface area contributed by atoms with Crippen LogP contribution in [0, 0.1) is 25.7 Å². The molecule has 0 saturated carbocycles. The Kier molecular flexibility index (Phi) is 4.44. The van der Waals surface area contributed by atoms with E-state index in [-0.39, 0.29) is 5.91 Å². The molecule has 4 rings (SSSR count). The van der Waals surface area contributed by atoms with Gasteiger partial charge in [0, 0.05) is 47.8 Å². The molecule has 1 saturated heterocycles. The van der Waals surface area contributed by atoms with Crippen molar-refractivity contribution in [2.24, 2.45) is 0 Å². The highest BCUT2D eigenvalue weighted by Gasteiger charge is 2.42. The largest absolute Gasteiger partial charge is 0.383 e. The maximum atomic E-state index is 12.1. The van der Waals surface area contributed by atoms with Gasteiger partial charge >= 0.3 is 0 Å². The first-order valence-electron chi connectivity index (χ1n) is 9.29. The third-order valence-electron chi connectivity index (χ3n) is 5.25. The Labute approximate surface area is 168 Å². The van der Waals surface area contributed by atoms with E-state index in [1.54, 1.807) is 13.2 Å². The first-order chi connectivity index (χ1) is 13.8. The topological polar surface area (TPSA) is 105 Å². The Morgan fingerprint density at radius 3 is 2.79 bits per heavy atom. The van der Waals surface area contributed by atoms with Crippen molar-refractivity contribution in [3.63, 3.8) is 0 Å². The molecule has 2 aromatic heterocycles. The van der Waals surface area contributed by atoms with Gasteiger partial charge < -0.3 is 15.7 Å². The molecule has 1 fully saturated rings. The van der Waals surface area contributed by atoms with Gasteiger partial charge in [0.25, 0.3) is 5.91 Å². The fraction of sp³-hybridized carbons (Fsp3) is 0.273. The summed E-state index contributed by atoms with van der Waals surface area (Å²) in [7, 11) is 1.66. The van der Waals surface area contributed by atoms with Crippen LogP contribution in [0.25, 0.3) is 22.3 Å². The standard InChI is InChI=1S/C22H21N5O2/c1-13-18-14(2)25-20(26-17(18)12-24-19(13)23)16-6-4-5-15(11-16)7-8-22(29)9-10-27(3)21(22)28/h4-6,11-12,29H,9-10H2,1-3H3,(H2,23,24)/t22-/m0/s1. The first kappa shape index (κ1) is 18.8. The van der Waals surface area contributed by atoms with E-state index in [1.807, 2.05) is 38.1 Å². The first-order valence-corrected chi connectivity index (χ1v) is 9.29. The number of nitrogens with zero attached hydrogens (tertiary/aromatic N) is 4. The van der Waals surface area contributed by atoms with Gasteiger partial charge in [-0.25, -0.2) is 15.0 Å². The summed E-state index contributed by atoms with van der Waals surface area (Å²) in [6, 6.07) is 7.41. The minimum Gasteiger partial charge on any atom is -0.383 e. The van der Waals surface area contributed by atoms with Crippen LogP contribution >= 0.6 is 0 Å². The maximum absolute atomic E-state index is 12.1. The molecule has 1 aromatic carbocycles. The SMILES string of the molecule is Cc1nc(-c2cccc(C#C[C@]3(O)CCN(C)C3=O)c2)nc2cnc(N)c(C)c12. The van der Waals surface area contributed by atoms with Crippen molar-refractivity contribution in [1.29, 1.82) is 0 Å². The lowest BCUT2D eigenvalue weighted by atomic mass is 10.0. The number of anilines is 1. The van der Waals surface area contributed by atoms with Gasteiger partial charge in [-0.2, -0.15) is 0 Å². The second-order valence-corrected chi connectivity index (χ2v) is 7.33. The number of nitrogen functional groups attached to an aromatic ring is 1. The van der Waals surface area contributed by atoms with E-state index < -0.39 is 5.60 Å². The van der Waals surface area contributed by atoms with Crippen LogP contribution in [0.15, 0.2) is 30.5 Å². The minimum atomic E-state index is -1.62. The summed E-state index contributed by atoms with van der Waals surface area (Å²) in [5.74, 6) is 6.33. The van der Waals surface area contributed by atoms with Crippen LogP contribution in [0.2, 0.25) is 0 Å². The van der Waals surface area contributed by atoms with Gasteiger partial charge in [-0.05, 0) is 26.0 Å². The van der Waals surface area contributed by atoms with Crippen molar-refractivity contribution in [2.45, 2.75) is 25.9 Å². The molecule has 0 radical (unpaired) electrons. The summed E-state index contributed by atoms with van der Waals surface area (Å²) >= 11 is 0. The number of fused-ring (bicyclic) bond motifs is 1. The Bertz CT molecular complexity index is 1210. The number of likely N-dealkylation sites (tertiary alicyclic amines) is 1. The lowest BCUT2D eigenvalue weighted by molar-refractivity contribution is -0.137. The highest BCUT2D eigenvalue weighted by Crippen LogP contribution is 2.26. The zero-order valence-corrected chi connectivity index (χ0v) is 16.5. The number of pyridine rings is 1. The number of benzene rings is 1. The smallest absolute Gasteiger partial charge is 0.267 e.